The van der Waals surface area contributed by atoms with Gasteiger partial charge in [-0.3, -0.25) is 0 Å². The molecule has 0 spiro atoms. The molecule has 18 heavy (non-hydrogen) atoms. The van der Waals surface area contributed by atoms with Crippen LogP contribution in [0.3, 0.4) is 0 Å². The topological polar surface area (TPSA) is 39.1 Å². The lowest BCUT2D eigenvalue weighted by Gasteiger charge is -2.33. The van der Waals surface area contributed by atoms with Crippen LogP contribution in [0.25, 0.3) is 0 Å². The van der Waals surface area contributed by atoms with Crippen molar-refractivity contribution in [2.75, 3.05) is 32.7 Å². The summed E-state index contributed by atoms with van der Waals surface area (Å²) in [5, 5.41) is 12.5. The van der Waals surface area contributed by atoms with Crippen LogP contribution in [-0.2, 0) is 0 Å². The fourth-order valence-corrected chi connectivity index (χ4v) is 2.39. The second-order valence-corrected chi connectivity index (χ2v) is 6.23. The lowest BCUT2D eigenvalue weighted by Crippen LogP contribution is -2.38. The van der Waals surface area contributed by atoms with Crippen molar-refractivity contribution in [1.82, 2.24) is 10.2 Å². The highest BCUT2D eigenvalue weighted by atomic mass is 15.1. The van der Waals surface area contributed by atoms with E-state index in [1.807, 2.05) is 13.8 Å². The van der Waals surface area contributed by atoms with Gasteiger partial charge in [-0.2, -0.15) is 5.26 Å². The summed E-state index contributed by atoms with van der Waals surface area (Å²) in [6, 6.07) is 2.39. The van der Waals surface area contributed by atoms with Crippen molar-refractivity contribution in [3.05, 3.63) is 0 Å². The summed E-state index contributed by atoms with van der Waals surface area (Å²) in [6.07, 6.45) is 4.83. The first-order chi connectivity index (χ1) is 8.57. The zero-order valence-electron chi connectivity index (χ0n) is 12.3. The van der Waals surface area contributed by atoms with Gasteiger partial charge in [0.1, 0.15) is 0 Å². The first kappa shape index (κ1) is 15.5. The zero-order valence-corrected chi connectivity index (χ0v) is 12.3. The van der Waals surface area contributed by atoms with Crippen LogP contribution in [0, 0.1) is 22.7 Å². The minimum absolute atomic E-state index is 0.167. The summed E-state index contributed by atoms with van der Waals surface area (Å²) in [4.78, 5) is 2.52. The van der Waals surface area contributed by atoms with Gasteiger partial charge in [0.15, 0.2) is 0 Å². The molecule has 1 fully saturated rings. The summed E-state index contributed by atoms with van der Waals surface area (Å²) in [7, 11) is 0. The molecule has 0 amide bonds. The highest BCUT2D eigenvalue weighted by molar-refractivity contribution is 4.92. The predicted octanol–water partition coefficient (Wildman–Crippen LogP) is 2.64. The average molecular weight is 251 g/mol. The van der Waals surface area contributed by atoms with Gasteiger partial charge >= 0.3 is 0 Å². The maximum Gasteiger partial charge on any atom is 0.0684 e. The number of nitrogens with one attached hydrogen (secondary N) is 1. The van der Waals surface area contributed by atoms with E-state index in [4.69, 9.17) is 5.26 Å². The van der Waals surface area contributed by atoms with Crippen molar-refractivity contribution in [2.45, 2.75) is 46.5 Å². The molecule has 104 valence electrons. The van der Waals surface area contributed by atoms with Gasteiger partial charge in [0, 0.05) is 0 Å². The molecule has 0 aromatic carbocycles. The summed E-state index contributed by atoms with van der Waals surface area (Å²) in [6.45, 7) is 12.1. The molecule has 0 unspecified atom stereocenters. The molecular weight excluding hydrogens is 222 g/mol. The van der Waals surface area contributed by atoms with E-state index in [-0.39, 0.29) is 5.41 Å². The Labute approximate surface area is 113 Å². The molecular formula is C15H29N3. The number of hydrogen-bond donors (Lipinski definition) is 1. The Kier molecular flexibility index (Phi) is 6.67. The molecule has 0 aromatic heterocycles. The molecule has 3 nitrogen and oxygen atoms in total. The van der Waals surface area contributed by atoms with E-state index in [9.17, 15) is 0 Å². The van der Waals surface area contributed by atoms with E-state index in [1.54, 1.807) is 0 Å². The van der Waals surface area contributed by atoms with E-state index < -0.39 is 0 Å². The van der Waals surface area contributed by atoms with Gasteiger partial charge < -0.3 is 10.2 Å². The second kappa shape index (κ2) is 7.76. The smallest absolute Gasteiger partial charge is 0.0684 e. The number of piperidine rings is 1. The molecule has 0 radical (unpaired) electrons. The quantitative estimate of drug-likeness (QED) is 0.707. The molecule has 0 aromatic rings. The Morgan fingerprint density at radius 2 is 2.00 bits per heavy atom. The van der Waals surface area contributed by atoms with Crippen LogP contribution in [0.15, 0.2) is 0 Å². The van der Waals surface area contributed by atoms with Gasteiger partial charge in [-0.25, -0.2) is 0 Å². The molecule has 1 aliphatic rings. The standard InChI is InChI=1S/C15H29N3/c1-4-8-17-12-14-5-9-18(10-6-14)11-7-15(2,3)13-16/h14,17H,4-12H2,1-3H3. The fourth-order valence-electron chi connectivity index (χ4n) is 2.39. The molecule has 0 aliphatic carbocycles. The highest BCUT2D eigenvalue weighted by Gasteiger charge is 2.22. The number of hydrogen-bond acceptors (Lipinski definition) is 3. The summed E-state index contributed by atoms with van der Waals surface area (Å²) in [5.41, 5.74) is -0.167. The van der Waals surface area contributed by atoms with Gasteiger partial charge in [-0.1, -0.05) is 6.92 Å². The van der Waals surface area contributed by atoms with Crippen molar-refractivity contribution in [3.8, 4) is 6.07 Å². The Morgan fingerprint density at radius 1 is 1.33 bits per heavy atom. The summed E-state index contributed by atoms with van der Waals surface area (Å²) >= 11 is 0. The van der Waals surface area contributed by atoms with Crippen LogP contribution >= 0.6 is 0 Å². The van der Waals surface area contributed by atoms with E-state index >= 15 is 0 Å². The fraction of sp³-hybridized carbons (Fsp3) is 0.933. The van der Waals surface area contributed by atoms with Crippen molar-refractivity contribution >= 4 is 0 Å². The van der Waals surface area contributed by atoms with Gasteiger partial charge in [0.05, 0.1) is 11.5 Å². The molecule has 1 saturated heterocycles. The largest absolute Gasteiger partial charge is 0.316 e. The SMILES string of the molecule is CCCNCC1CCN(CCC(C)(C)C#N)CC1. The van der Waals surface area contributed by atoms with Gasteiger partial charge in [-0.05, 0) is 78.2 Å². The Balaban J connectivity index is 2.14. The number of rotatable bonds is 7. The van der Waals surface area contributed by atoms with Crippen molar-refractivity contribution in [1.29, 1.82) is 5.26 Å². The highest BCUT2D eigenvalue weighted by Crippen LogP contribution is 2.22. The van der Waals surface area contributed by atoms with E-state index in [0.29, 0.717) is 0 Å². The van der Waals surface area contributed by atoms with Crippen LogP contribution < -0.4 is 5.32 Å². The van der Waals surface area contributed by atoms with E-state index in [0.717, 1.165) is 25.4 Å². The zero-order chi connectivity index (χ0) is 13.4. The average Bonchev–Trinajstić information content (AvgIpc) is 2.38. The number of nitrogens with zero attached hydrogens (tertiary/aromatic N) is 2. The second-order valence-electron chi connectivity index (χ2n) is 6.23. The molecule has 0 saturated carbocycles. The predicted molar refractivity (Wildman–Crippen MR) is 76.3 cm³/mol. The summed E-state index contributed by atoms with van der Waals surface area (Å²) < 4.78 is 0. The summed E-state index contributed by atoms with van der Waals surface area (Å²) in [5.74, 6) is 0.858. The van der Waals surface area contributed by atoms with E-state index in [2.05, 4.69) is 23.2 Å². The monoisotopic (exact) mass is 251 g/mol. The van der Waals surface area contributed by atoms with Gasteiger partial charge in [0.2, 0.25) is 0 Å². The minimum Gasteiger partial charge on any atom is -0.316 e. The minimum atomic E-state index is -0.167. The van der Waals surface area contributed by atoms with Crippen LogP contribution in [-0.4, -0.2) is 37.6 Å². The molecule has 0 bridgehead atoms. The Hall–Kier alpha value is -0.590. The third kappa shape index (κ3) is 5.84. The normalized spacial score (nSPS) is 18.8. The first-order valence-corrected chi connectivity index (χ1v) is 7.41. The van der Waals surface area contributed by atoms with E-state index in [1.165, 1.54) is 38.9 Å². The Bertz CT molecular complexity index is 259. The third-order valence-electron chi connectivity index (χ3n) is 3.92. The van der Waals surface area contributed by atoms with Gasteiger partial charge in [0.25, 0.3) is 0 Å². The maximum absolute atomic E-state index is 9.01. The first-order valence-electron chi connectivity index (χ1n) is 7.41. The molecule has 1 rings (SSSR count). The van der Waals surface area contributed by atoms with Crippen LogP contribution in [0.2, 0.25) is 0 Å². The molecule has 0 atom stereocenters. The van der Waals surface area contributed by atoms with Gasteiger partial charge in [-0.15, -0.1) is 0 Å². The molecule has 3 heteroatoms. The van der Waals surface area contributed by atoms with Crippen LogP contribution in [0.5, 0.6) is 0 Å². The third-order valence-corrected chi connectivity index (χ3v) is 3.92. The van der Waals surface area contributed by atoms with Crippen LogP contribution in [0.1, 0.15) is 46.5 Å². The van der Waals surface area contributed by atoms with Crippen LogP contribution in [0.4, 0.5) is 0 Å². The molecule has 1 aliphatic heterocycles. The van der Waals surface area contributed by atoms with Crippen molar-refractivity contribution in [3.63, 3.8) is 0 Å². The lowest BCUT2D eigenvalue weighted by molar-refractivity contribution is 0.168. The number of nitriles is 1. The van der Waals surface area contributed by atoms with Crippen molar-refractivity contribution < 1.29 is 0 Å². The van der Waals surface area contributed by atoms with Crippen molar-refractivity contribution in [2.24, 2.45) is 11.3 Å². The lowest BCUT2D eigenvalue weighted by atomic mass is 9.90. The Morgan fingerprint density at radius 3 is 2.56 bits per heavy atom. The molecule has 1 N–H and O–H groups in total. The number of likely N-dealkylation sites (tertiary alicyclic amines) is 1. The maximum atomic E-state index is 9.01. The molecule has 1 heterocycles.